The van der Waals surface area contributed by atoms with Gasteiger partial charge in [0.15, 0.2) is 0 Å². The molecule has 0 saturated heterocycles. The number of halogens is 1. The number of hydrogen-bond donors (Lipinski definition) is 1. The lowest BCUT2D eigenvalue weighted by Crippen LogP contribution is -2.45. The van der Waals surface area contributed by atoms with Crippen LogP contribution in [0.3, 0.4) is 0 Å². The van der Waals surface area contributed by atoms with E-state index in [1.807, 2.05) is 28.8 Å². The Balaban J connectivity index is 1.55. The fourth-order valence-electron chi connectivity index (χ4n) is 4.39. The molecule has 162 valence electrons. The van der Waals surface area contributed by atoms with Gasteiger partial charge in [-0.2, -0.15) is 4.31 Å². The van der Waals surface area contributed by atoms with Gasteiger partial charge in [-0.15, -0.1) is 11.8 Å². The highest BCUT2D eigenvalue weighted by Crippen LogP contribution is 2.43. The number of carbonyl (C=O) groups is 1. The van der Waals surface area contributed by atoms with Gasteiger partial charge >= 0.3 is 5.97 Å². The molecule has 1 aromatic heterocycles. The monoisotopic (exact) mass is 460 g/mol. The molecular weight excluding hydrogens is 439 g/mol. The standard InChI is InChI=1S/C22H21FN2O4S2/c23-14-5-9-17(10-6-14)31(28,29)25(15-7-8-15)16-11-19-18-3-1-2-4-20(18)24(12-21(26)27)22(19)30-13-16/h1-6,9-10,15-16H,7-8,11-13H2,(H,26,27)/t16-/m0/s1. The molecule has 1 aliphatic carbocycles. The van der Waals surface area contributed by atoms with E-state index in [1.54, 1.807) is 4.31 Å². The summed E-state index contributed by atoms with van der Waals surface area (Å²) in [4.78, 5) is 11.5. The summed E-state index contributed by atoms with van der Waals surface area (Å²) in [5.74, 6) is -0.842. The van der Waals surface area contributed by atoms with E-state index in [2.05, 4.69) is 0 Å². The molecule has 1 saturated carbocycles. The Kier molecular flexibility index (Phi) is 5.07. The van der Waals surface area contributed by atoms with Crippen LogP contribution >= 0.6 is 11.8 Å². The zero-order valence-corrected chi connectivity index (χ0v) is 18.2. The first-order valence-corrected chi connectivity index (χ1v) is 12.5. The van der Waals surface area contributed by atoms with Crippen molar-refractivity contribution in [3.05, 3.63) is 59.9 Å². The highest BCUT2D eigenvalue weighted by Gasteiger charge is 2.44. The molecule has 1 atom stereocenters. The summed E-state index contributed by atoms with van der Waals surface area (Å²) in [7, 11) is -3.77. The van der Waals surface area contributed by atoms with Crippen LogP contribution in [0.5, 0.6) is 0 Å². The summed E-state index contributed by atoms with van der Waals surface area (Å²) >= 11 is 1.51. The van der Waals surface area contributed by atoms with Crippen LogP contribution in [0.15, 0.2) is 58.5 Å². The Morgan fingerprint density at radius 2 is 1.84 bits per heavy atom. The van der Waals surface area contributed by atoms with Crippen LogP contribution in [-0.4, -0.2) is 46.2 Å². The van der Waals surface area contributed by atoms with E-state index in [-0.39, 0.29) is 23.5 Å². The zero-order chi connectivity index (χ0) is 21.8. The Hall–Kier alpha value is -2.36. The van der Waals surface area contributed by atoms with Crippen molar-refractivity contribution in [1.29, 1.82) is 0 Å². The van der Waals surface area contributed by atoms with Crippen molar-refractivity contribution < 1.29 is 22.7 Å². The molecule has 1 aliphatic heterocycles. The van der Waals surface area contributed by atoms with E-state index in [1.165, 1.54) is 36.0 Å². The molecule has 0 bridgehead atoms. The van der Waals surface area contributed by atoms with E-state index in [0.717, 1.165) is 34.3 Å². The number of carboxylic acids is 1. The Morgan fingerprint density at radius 3 is 2.52 bits per heavy atom. The molecule has 2 aliphatic rings. The van der Waals surface area contributed by atoms with Crippen LogP contribution in [0.4, 0.5) is 4.39 Å². The number of para-hydroxylation sites is 1. The van der Waals surface area contributed by atoms with Gasteiger partial charge in [0.05, 0.1) is 9.92 Å². The minimum absolute atomic E-state index is 0.0467. The Bertz CT molecular complexity index is 1270. The minimum atomic E-state index is -3.77. The Morgan fingerprint density at radius 1 is 1.13 bits per heavy atom. The third-order valence-corrected chi connectivity index (χ3v) is 9.14. The summed E-state index contributed by atoms with van der Waals surface area (Å²) in [6.07, 6.45) is 2.15. The van der Waals surface area contributed by atoms with Crippen LogP contribution in [0.1, 0.15) is 18.4 Å². The maximum absolute atomic E-state index is 13.5. The van der Waals surface area contributed by atoms with Crippen molar-refractivity contribution >= 4 is 38.7 Å². The molecule has 6 nitrogen and oxygen atoms in total. The van der Waals surface area contributed by atoms with Gasteiger partial charge in [0, 0.05) is 28.7 Å². The highest BCUT2D eigenvalue weighted by atomic mass is 32.2. The number of aromatic nitrogens is 1. The lowest BCUT2D eigenvalue weighted by Gasteiger charge is -2.33. The van der Waals surface area contributed by atoms with Gasteiger partial charge in [-0.25, -0.2) is 12.8 Å². The maximum Gasteiger partial charge on any atom is 0.323 e. The van der Waals surface area contributed by atoms with Crippen molar-refractivity contribution in [2.45, 2.75) is 47.8 Å². The van der Waals surface area contributed by atoms with E-state index < -0.39 is 21.8 Å². The number of hydrogen-bond acceptors (Lipinski definition) is 4. The molecule has 0 spiro atoms. The lowest BCUT2D eigenvalue weighted by molar-refractivity contribution is -0.137. The largest absolute Gasteiger partial charge is 0.480 e. The maximum atomic E-state index is 13.5. The van der Waals surface area contributed by atoms with Gasteiger partial charge in [0.1, 0.15) is 12.4 Å². The van der Waals surface area contributed by atoms with Crippen molar-refractivity contribution in [3.63, 3.8) is 0 Å². The number of thioether (sulfide) groups is 1. The number of rotatable bonds is 6. The van der Waals surface area contributed by atoms with Gasteiger partial charge in [0.25, 0.3) is 0 Å². The first kappa shape index (κ1) is 20.5. The number of fused-ring (bicyclic) bond motifs is 3. The molecule has 2 heterocycles. The quantitative estimate of drug-likeness (QED) is 0.606. The Labute approximate surface area is 183 Å². The van der Waals surface area contributed by atoms with Crippen LogP contribution < -0.4 is 0 Å². The van der Waals surface area contributed by atoms with Crippen LogP contribution in [0.25, 0.3) is 10.9 Å². The predicted octanol–water partition coefficient (Wildman–Crippen LogP) is 3.74. The number of benzene rings is 2. The van der Waals surface area contributed by atoms with Crippen molar-refractivity contribution in [2.75, 3.05) is 5.75 Å². The van der Waals surface area contributed by atoms with Gasteiger partial charge in [-0.1, -0.05) is 18.2 Å². The van der Waals surface area contributed by atoms with Gasteiger partial charge in [-0.3, -0.25) is 4.79 Å². The average Bonchev–Trinajstić information content (AvgIpc) is 3.52. The van der Waals surface area contributed by atoms with Crippen molar-refractivity contribution in [3.8, 4) is 0 Å². The fraction of sp³-hybridized carbons (Fsp3) is 0.318. The molecule has 31 heavy (non-hydrogen) atoms. The van der Waals surface area contributed by atoms with Crippen LogP contribution in [0.2, 0.25) is 0 Å². The molecule has 0 amide bonds. The van der Waals surface area contributed by atoms with Gasteiger partial charge < -0.3 is 9.67 Å². The fourth-order valence-corrected chi connectivity index (χ4v) is 7.66. The van der Waals surface area contributed by atoms with Crippen molar-refractivity contribution in [1.82, 2.24) is 8.87 Å². The average molecular weight is 461 g/mol. The number of sulfonamides is 1. The molecule has 3 aromatic rings. The SMILES string of the molecule is O=C(O)Cn1c2c(c3ccccc31)C[C@H](N(C1CC1)S(=O)(=O)c1ccc(F)cc1)CS2. The number of nitrogens with zero attached hydrogens (tertiary/aromatic N) is 2. The van der Waals surface area contributed by atoms with Gasteiger partial charge in [0.2, 0.25) is 10.0 Å². The molecule has 5 rings (SSSR count). The second-order valence-corrected chi connectivity index (χ2v) is 10.8. The molecule has 1 N–H and O–H groups in total. The zero-order valence-electron chi connectivity index (χ0n) is 16.6. The summed E-state index contributed by atoms with van der Waals surface area (Å²) in [5.41, 5.74) is 1.85. The van der Waals surface area contributed by atoms with E-state index in [9.17, 15) is 22.7 Å². The molecule has 9 heteroatoms. The smallest absolute Gasteiger partial charge is 0.323 e. The highest BCUT2D eigenvalue weighted by molar-refractivity contribution is 7.99. The lowest BCUT2D eigenvalue weighted by atomic mass is 10.1. The minimum Gasteiger partial charge on any atom is -0.480 e. The summed E-state index contributed by atoms with van der Waals surface area (Å²) in [5, 5.41) is 11.2. The van der Waals surface area contributed by atoms with E-state index >= 15 is 0 Å². The molecule has 1 fully saturated rings. The summed E-state index contributed by atoms with van der Waals surface area (Å²) in [6.45, 7) is -0.131. The topological polar surface area (TPSA) is 79.6 Å². The third-order valence-electron chi connectivity index (χ3n) is 5.82. The molecular formula is C22H21FN2O4S2. The third kappa shape index (κ3) is 3.64. The second-order valence-electron chi connectivity index (χ2n) is 7.97. The van der Waals surface area contributed by atoms with E-state index in [4.69, 9.17) is 0 Å². The van der Waals surface area contributed by atoms with E-state index in [0.29, 0.717) is 12.2 Å². The predicted molar refractivity (Wildman–Crippen MR) is 116 cm³/mol. The molecule has 0 radical (unpaired) electrons. The second kappa shape index (κ2) is 7.65. The number of aliphatic carboxylic acids is 1. The van der Waals surface area contributed by atoms with Crippen LogP contribution in [0, 0.1) is 5.82 Å². The van der Waals surface area contributed by atoms with Crippen molar-refractivity contribution in [2.24, 2.45) is 0 Å². The number of carboxylic acid groups (broad SMARTS) is 1. The normalized spacial score (nSPS) is 19.0. The summed E-state index contributed by atoms with van der Waals surface area (Å²) in [6, 6.07) is 12.3. The molecule has 0 unspecified atom stereocenters. The van der Waals surface area contributed by atoms with Crippen LogP contribution in [-0.2, 0) is 27.8 Å². The van der Waals surface area contributed by atoms with Gasteiger partial charge in [-0.05, 0) is 55.2 Å². The first-order chi connectivity index (χ1) is 14.9. The first-order valence-electron chi connectivity index (χ1n) is 10.1. The molecule has 2 aromatic carbocycles. The summed E-state index contributed by atoms with van der Waals surface area (Å²) < 4.78 is 43.7.